The Morgan fingerprint density at radius 2 is 2.00 bits per heavy atom. The van der Waals surface area contributed by atoms with Gasteiger partial charge in [0, 0.05) is 0 Å². The fraction of sp³-hybridized carbons (Fsp3) is 0.500. The molecule has 0 saturated carbocycles. The zero-order chi connectivity index (χ0) is 14.9. The number of rotatable bonds is 6. The Balaban J connectivity index is 1.74. The van der Waals surface area contributed by atoms with Crippen LogP contribution < -0.4 is 15.1 Å². The molecule has 2 N–H and O–H groups in total. The number of hydrogen-bond donors (Lipinski definition) is 2. The molecule has 0 aromatic heterocycles. The van der Waals surface area contributed by atoms with Gasteiger partial charge in [-0.1, -0.05) is 0 Å². The number of ether oxygens (including phenoxy) is 1. The first-order chi connectivity index (χ1) is 10.3. The highest BCUT2D eigenvalue weighted by atomic mass is 16.5. The fourth-order valence-electron chi connectivity index (χ4n) is 2.49. The van der Waals surface area contributed by atoms with Crippen LogP contribution >= 0.6 is 0 Å². The van der Waals surface area contributed by atoms with E-state index in [1.54, 1.807) is 6.21 Å². The van der Waals surface area contributed by atoms with Gasteiger partial charge in [-0.3, -0.25) is 4.79 Å². The Morgan fingerprint density at radius 3 is 2.67 bits per heavy atom. The molecular formula is C16H24N3O2+. The maximum Gasteiger partial charge on any atom is 0.295 e. The van der Waals surface area contributed by atoms with Crippen LogP contribution in [0.5, 0.6) is 5.75 Å². The average molecular weight is 290 g/mol. The molecule has 0 bridgehead atoms. The lowest BCUT2D eigenvalue weighted by Crippen LogP contribution is -3.13. The first-order valence-electron chi connectivity index (χ1n) is 7.66. The van der Waals surface area contributed by atoms with Crippen molar-refractivity contribution < 1.29 is 14.4 Å². The second-order valence-electron chi connectivity index (χ2n) is 5.28. The quantitative estimate of drug-likeness (QED) is 0.595. The second kappa shape index (κ2) is 8.42. The molecule has 1 fully saturated rings. The Kier molecular flexibility index (Phi) is 6.22. The van der Waals surface area contributed by atoms with Crippen LogP contribution in [0.1, 0.15) is 31.7 Å². The third-order valence-electron chi connectivity index (χ3n) is 3.57. The van der Waals surface area contributed by atoms with Crippen molar-refractivity contribution in [2.24, 2.45) is 5.10 Å². The van der Waals surface area contributed by atoms with E-state index < -0.39 is 0 Å². The number of carbonyl (C=O) groups excluding carboxylic acids is 1. The van der Waals surface area contributed by atoms with Gasteiger partial charge in [-0.05, 0) is 56.0 Å². The van der Waals surface area contributed by atoms with Crippen molar-refractivity contribution >= 4 is 12.1 Å². The van der Waals surface area contributed by atoms with Crippen molar-refractivity contribution in [3.63, 3.8) is 0 Å². The number of amides is 1. The van der Waals surface area contributed by atoms with Gasteiger partial charge < -0.3 is 9.64 Å². The summed E-state index contributed by atoms with van der Waals surface area (Å²) in [6, 6.07) is 7.61. The number of piperidine rings is 1. The molecule has 1 amide bonds. The van der Waals surface area contributed by atoms with Crippen LogP contribution in [-0.2, 0) is 4.79 Å². The van der Waals surface area contributed by atoms with Gasteiger partial charge in [0.25, 0.3) is 5.91 Å². The molecular weight excluding hydrogens is 266 g/mol. The standard InChI is InChI=1S/C16H23N3O2/c1-2-21-15-8-6-14(7-9-15)12-17-18-16(20)13-19-10-4-3-5-11-19/h6-9,12H,2-5,10-11,13H2,1H3,(H,18,20)/p+1/b17-12-. The number of benzene rings is 1. The number of nitrogens with zero attached hydrogens (tertiary/aromatic N) is 1. The van der Waals surface area contributed by atoms with E-state index in [1.165, 1.54) is 24.2 Å². The van der Waals surface area contributed by atoms with Gasteiger partial charge in [-0.15, -0.1) is 0 Å². The van der Waals surface area contributed by atoms with Crippen LogP contribution in [0.2, 0.25) is 0 Å². The predicted octanol–water partition coefficient (Wildman–Crippen LogP) is 0.604. The number of carbonyl (C=O) groups is 1. The molecule has 1 saturated heterocycles. The summed E-state index contributed by atoms with van der Waals surface area (Å²) >= 11 is 0. The topological polar surface area (TPSA) is 55.1 Å². The largest absolute Gasteiger partial charge is 0.494 e. The van der Waals surface area contributed by atoms with Crippen molar-refractivity contribution in [1.82, 2.24) is 5.43 Å². The molecule has 1 aromatic rings. The molecule has 0 atom stereocenters. The van der Waals surface area contributed by atoms with E-state index >= 15 is 0 Å². The third-order valence-corrected chi connectivity index (χ3v) is 3.57. The molecule has 0 radical (unpaired) electrons. The molecule has 21 heavy (non-hydrogen) atoms. The molecule has 1 aliphatic rings. The molecule has 1 aromatic carbocycles. The Hall–Kier alpha value is -1.88. The summed E-state index contributed by atoms with van der Waals surface area (Å²) in [5.41, 5.74) is 3.53. The van der Waals surface area contributed by atoms with E-state index in [9.17, 15) is 4.79 Å². The zero-order valence-corrected chi connectivity index (χ0v) is 12.6. The highest BCUT2D eigenvalue weighted by molar-refractivity contribution is 5.82. The van der Waals surface area contributed by atoms with Gasteiger partial charge in [0.15, 0.2) is 6.54 Å². The van der Waals surface area contributed by atoms with Crippen molar-refractivity contribution in [3.05, 3.63) is 29.8 Å². The van der Waals surface area contributed by atoms with Crippen molar-refractivity contribution in [2.75, 3.05) is 26.2 Å². The molecule has 5 nitrogen and oxygen atoms in total. The lowest BCUT2D eigenvalue weighted by atomic mass is 10.1. The SMILES string of the molecule is CCOc1ccc(/C=N\NC(=O)C[NH+]2CCCCC2)cc1. The molecule has 1 aliphatic heterocycles. The minimum atomic E-state index is -0.0194. The monoisotopic (exact) mass is 290 g/mol. The summed E-state index contributed by atoms with van der Waals surface area (Å²) in [5.74, 6) is 0.821. The Labute approximate surface area is 126 Å². The molecule has 0 spiro atoms. The van der Waals surface area contributed by atoms with Gasteiger partial charge in [0.2, 0.25) is 0 Å². The number of hydrazone groups is 1. The van der Waals surface area contributed by atoms with Crippen LogP contribution in [0.4, 0.5) is 0 Å². The first kappa shape index (κ1) is 15.5. The van der Waals surface area contributed by atoms with E-state index in [0.717, 1.165) is 24.4 Å². The van der Waals surface area contributed by atoms with E-state index in [0.29, 0.717) is 13.2 Å². The van der Waals surface area contributed by atoms with E-state index in [4.69, 9.17) is 4.74 Å². The molecule has 1 heterocycles. The highest BCUT2D eigenvalue weighted by Crippen LogP contribution is 2.10. The normalized spacial score (nSPS) is 16.0. The van der Waals surface area contributed by atoms with E-state index in [-0.39, 0.29) is 5.91 Å². The number of hydrogen-bond acceptors (Lipinski definition) is 3. The van der Waals surface area contributed by atoms with Gasteiger partial charge >= 0.3 is 0 Å². The van der Waals surface area contributed by atoms with Gasteiger partial charge in [-0.2, -0.15) is 5.10 Å². The molecule has 114 valence electrons. The maximum absolute atomic E-state index is 11.8. The smallest absolute Gasteiger partial charge is 0.295 e. The summed E-state index contributed by atoms with van der Waals surface area (Å²) in [6.45, 7) is 5.31. The van der Waals surface area contributed by atoms with Crippen LogP contribution in [0.25, 0.3) is 0 Å². The van der Waals surface area contributed by atoms with Gasteiger partial charge in [0.1, 0.15) is 5.75 Å². The summed E-state index contributed by atoms with van der Waals surface area (Å²) in [5, 5.41) is 4.00. The summed E-state index contributed by atoms with van der Waals surface area (Å²) < 4.78 is 5.37. The summed E-state index contributed by atoms with van der Waals surface area (Å²) in [6.07, 6.45) is 5.39. The lowest BCUT2D eigenvalue weighted by Gasteiger charge is -2.22. The van der Waals surface area contributed by atoms with Crippen molar-refractivity contribution in [3.8, 4) is 5.75 Å². The molecule has 5 heteroatoms. The fourth-order valence-corrected chi connectivity index (χ4v) is 2.49. The summed E-state index contributed by atoms with van der Waals surface area (Å²) in [7, 11) is 0. The van der Waals surface area contributed by atoms with Crippen LogP contribution in [0.3, 0.4) is 0 Å². The molecule has 0 aliphatic carbocycles. The third kappa shape index (κ3) is 5.55. The average Bonchev–Trinajstić information content (AvgIpc) is 2.50. The molecule has 0 unspecified atom stereocenters. The van der Waals surface area contributed by atoms with Gasteiger partial charge in [-0.25, -0.2) is 5.43 Å². The van der Waals surface area contributed by atoms with E-state index in [1.807, 2.05) is 31.2 Å². The van der Waals surface area contributed by atoms with Crippen LogP contribution in [-0.4, -0.2) is 38.4 Å². The molecule has 2 rings (SSSR count). The first-order valence-corrected chi connectivity index (χ1v) is 7.66. The number of likely N-dealkylation sites (tertiary alicyclic amines) is 1. The van der Waals surface area contributed by atoms with E-state index in [2.05, 4.69) is 10.5 Å². The predicted molar refractivity (Wildman–Crippen MR) is 82.8 cm³/mol. The minimum absolute atomic E-state index is 0.0194. The number of quaternary nitrogens is 1. The number of nitrogens with one attached hydrogen (secondary N) is 2. The Morgan fingerprint density at radius 1 is 1.29 bits per heavy atom. The second-order valence-corrected chi connectivity index (χ2v) is 5.28. The highest BCUT2D eigenvalue weighted by Gasteiger charge is 2.16. The van der Waals surface area contributed by atoms with Gasteiger partial charge in [0.05, 0.1) is 25.9 Å². The zero-order valence-electron chi connectivity index (χ0n) is 12.6. The summed E-state index contributed by atoms with van der Waals surface area (Å²) in [4.78, 5) is 13.1. The lowest BCUT2D eigenvalue weighted by molar-refractivity contribution is -0.896. The van der Waals surface area contributed by atoms with Crippen molar-refractivity contribution in [1.29, 1.82) is 0 Å². The van der Waals surface area contributed by atoms with Crippen LogP contribution in [0.15, 0.2) is 29.4 Å². The van der Waals surface area contributed by atoms with Crippen molar-refractivity contribution in [2.45, 2.75) is 26.2 Å². The minimum Gasteiger partial charge on any atom is -0.494 e. The maximum atomic E-state index is 11.8. The Bertz CT molecular complexity index is 465. The van der Waals surface area contributed by atoms with Crippen LogP contribution in [0, 0.1) is 0 Å².